The predicted molar refractivity (Wildman–Crippen MR) is 84.9 cm³/mol. The van der Waals surface area contributed by atoms with Gasteiger partial charge in [-0.05, 0) is 55.4 Å². The fraction of sp³-hybridized carbons (Fsp3) is 0.562. The van der Waals surface area contributed by atoms with E-state index >= 15 is 0 Å². The molecule has 0 aliphatic heterocycles. The molecule has 3 nitrogen and oxygen atoms in total. The van der Waals surface area contributed by atoms with E-state index in [2.05, 4.69) is 35.5 Å². The van der Waals surface area contributed by atoms with Crippen LogP contribution in [0.15, 0.2) is 18.2 Å². The zero-order chi connectivity index (χ0) is 14.2. The number of aromatic nitrogens is 2. The molecule has 1 aliphatic rings. The van der Waals surface area contributed by atoms with E-state index < -0.39 is 0 Å². The number of aromatic amines is 1. The molecule has 0 bridgehead atoms. The average Bonchev–Trinajstić information content (AvgIpc) is 3.17. The van der Waals surface area contributed by atoms with Crippen LogP contribution in [-0.4, -0.2) is 16.2 Å². The lowest BCUT2D eigenvalue weighted by Crippen LogP contribution is -2.10. The Morgan fingerprint density at radius 3 is 2.80 bits per heavy atom. The van der Waals surface area contributed by atoms with Gasteiger partial charge >= 0.3 is 0 Å². The topological polar surface area (TPSA) is 29.9 Å². The molecule has 1 saturated carbocycles. The van der Waals surface area contributed by atoms with E-state index in [9.17, 15) is 0 Å². The Morgan fingerprint density at radius 1 is 1.35 bits per heavy atom. The molecule has 0 spiro atoms. The second kappa shape index (κ2) is 5.24. The van der Waals surface area contributed by atoms with E-state index in [1.807, 2.05) is 6.07 Å². The van der Waals surface area contributed by atoms with Gasteiger partial charge in [-0.2, -0.15) is 0 Å². The highest BCUT2D eigenvalue weighted by atomic mass is 32.1. The van der Waals surface area contributed by atoms with Crippen molar-refractivity contribution in [2.24, 2.45) is 5.41 Å². The first-order chi connectivity index (χ1) is 9.69. The molecule has 1 aromatic heterocycles. The summed E-state index contributed by atoms with van der Waals surface area (Å²) >= 11 is 5.52. The van der Waals surface area contributed by atoms with Crippen LogP contribution in [0.3, 0.4) is 0 Å². The minimum atomic E-state index is 0.480. The summed E-state index contributed by atoms with van der Waals surface area (Å²) in [5, 5.41) is 0. The van der Waals surface area contributed by atoms with Crippen molar-refractivity contribution < 1.29 is 4.74 Å². The standard InChI is InChI=1S/C16H22N2OS/c1-3-10-19-13-7-5-6-12-14(13)17-15(20)18(12)11-16(4-2)8-9-16/h5-7H,3-4,8-11H2,1-2H3,(H,17,20). The summed E-state index contributed by atoms with van der Waals surface area (Å²) in [4.78, 5) is 3.33. The first-order valence-electron chi connectivity index (χ1n) is 7.53. The number of nitrogens with zero attached hydrogens (tertiary/aromatic N) is 1. The molecule has 1 fully saturated rings. The van der Waals surface area contributed by atoms with Crippen molar-refractivity contribution in [1.82, 2.24) is 9.55 Å². The lowest BCUT2D eigenvalue weighted by Gasteiger charge is -2.14. The van der Waals surface area contributed by atoms with Gasteiger partial charge < -0.3 is 14.3 Å². The second-order valence-corrected chi connectivity index (χ2v) is 6.26. The van der Waals surface area contributed by atoms with Crippen molar-refractivity contribution in [3.63, 3.8) is 0 Å². The molecule has 0 atom stereocenters. The summed E-state index contributed by atoms with van der Waals surface area (Å²) in [6.45, 7) is 6.16. The number of rotatable bonds is 6. The van der Waals surface area contributed by atoms with Gasteiger partial charge in [-0.25, -0.2) is 0 Å². The van der Waals surface area contributed by atoms with E-state index in [4.69, 9.17) is 17.0 Å². The van der Waals surface area contributed by atoms with Crippen molar-refractivity contribution in [2.75, 3.05) is 6.61 Å². The molecule has 1 N–H and O–H groups in total. The fourth-order valence-corrected chi connectivity index (χ4v) is 3.04. The average molecular weight is 290 g/mol. The molecule has 3 rings (SSSR count). The molecule has 0 saturated heterocycles. The fourth-order valence-electron chi connectivity index (χ4n) is 2.78. The third-order valence-electron chi connectivity index (χ3n) is 4.43. The van der Waals surface area contributed by atoms with Gasteiger partial charge in [-0.15, -0.1) is 0 Å². The maximum atomic E-state index is 5.82. The smallest absolute Gasteiger partial charge is 0.178 e. The number of hydrogen-bond acceptors (Lipinski definition) is 2. The Kier molecular flexibility index (Phi) is 3.59. The van der Waals surface area contributed by atoms with E-state index in [1.165, 1.54) is 24.8 Å². The van der Waals surface area contributed by atoms with Gasteiger partial charge in [0.2, 0.25) is 0 Å². The summed E-state index contributed by atoms with van der Waals surface area (Å²) in [5.74, 6) is 0.913. The van der Waals surface area contributed by atoms with E-state index in [1.54, 1.807) is 0 Å². The largest absolute Gasteiger partial charge is 0.491 e. The van der Waals surface area contributed by atoms with E-state index in [-0.39, 0.29) is 0 Å². The minimum absolute atomic E-state index is 0.480. The SMILES string of the molecule is CCCOc1cccc2c1[nH]c(=S)n2CC1(CC)CC1. The second-order valence-electron chi connectivity index (χ2n) is 5.87. The molecule has 0 amide bonds. The van der Waals surface area contributed by atoms with Gasteiger partial charge in [-0.1, -0.05) is 19.9 Å². The molecule has 1 aromatic carbocycles. The monoisotopic (exact) mass is 290 g/mol. The van der Waals surface area contributed by atoms with Crippen LogP contribution in [0.1, 0.15) is 39.5 Å². The van der Waals surface area contributed by atoms with Crippen LogP contribution >= 0.6 is 12.2 Å². The number of imidazole rings is 1. The van der Waals surface area contributed by atoms with E-state index in [0.29, 0.717) is 5.41 Å². The van der Waals surface area contributed by atoms with Crippen LogP contribution in [0.5, 0.6) is 5.75 Å². The highest BCUT2D eigenvalue weighted by Crippen LogP contribution is 2.50. The lowest BCUT2D eigenvalue weighted by molar-refractivity contribution is 0.320. The first kappa shape index (κ1) is 13.7. The van der Waals surface area contributed by atoms with Gasteiger partial charge in [0, 0.05) is 6.54 Å². The van der Waals surface area contributed by atoms with Gasteiger partial charge in [0.25, 0.3) is 0 Å². The maximum absolute atomic E-state index is 5.82. The van der Waals surface area contributed by atoms with Crippen molar-refractivity contribution in [1.29, 1.82) is 0 Å². The molecule has 4 heteroatoms. The van der Waals surface area contributed by atoms with Gasteiger partial charge in [0.1, 0.15) is 11.3 Å². The van der Waals surface area contributed by atoms with Crippen molar-refractivity contribution >= 4 is 23.3 Å². The Labute approximate surface area is 125 Å². The molecular formula is C16H22N2OS. The first-order valence-corrected chi connectivity index (χ1v) is 7.94. The molecule has 108 valence electrons. The summed E-state index contributed by atoms with van der Waals surface area (Å²) in [6, 6.07) is 6.20. The summed E-state index contributed by atoms with van der Waals surface area (Å²) in [6.07, 6.45) is 4.89. The molecule has 1 heterocycles. The van der Waals surface area contributed by atoms with Crippen LogP contribution in [-0.2, 0) is 6.54 Å². The quantitative estimate of drug-likeness (QED) is 0.783. The van der Waals surface area contributed by atoms with E-state index in [0.717, 1.165) is 35.6 Å². The van der Waals surface area contributed by atoms with Crippen LogP contribution in [0, 0.1) is 10.2 Å². The summed E-state index contributed by atoms with van der Waals surface area (Å²) < 4.78 is 8.88. The van der Waals surface area contributed by atoms with Crippen molar-refractivity contribution in [2.45, 2.75) is 46.1 Å². The number of ether oxygens (including phenoxy) is 1. The molecular weight excluding hydrogens is 268 g/mol. The maximum Gasteiger partial charge on any atom is 0.178 e. The molecule has 2 aromatic rings. The Balaban J connectivity index is 2.01. The zero-order valence-electron chi connectivity index (χ0n) is 12.2. The van der Waals surface area contributed by atoms with Crippen LogP contribution in [0.2, 0.25) is 0 Å². The summed E-state index contributed by atoms with van der Waals surface area (Å²) in [5.41, 5.74) is 2.69. The number of hydrogen-bond donors (Lipinski definition) is 1. The molecule has 20 heavy (non-hydrogen) atoms. The zero-order valence-corrected chi connectivity index (χ0v) is 13.1. The van der Waals surface area contributed by atoms with Gasteiger partial charge in [0.15, 0.2) is 4.77 Å². The number of nitrogens with one attached hydrogen (secondary N) is 1. The predicted octanol–water partition coefficient (Wildman–Crippen LogP) is 4.68. The Hall–Kier alpha value is -1.29. The number of para-hydroxylation sites is 1. The number of fused-ring (bicyclic) bond motifs is 1. The van der Waals surface area contributed by atoms with Crippen LogP contribution in [0.25, 0.3) is 11.0 Å². The normalized spacial score (nSPS) is 16.5. The highest BCUT2D eigenvalue weighted by Gasteiger charge is 2.41. The third-order valence-corrected chi connectivity index (χ3v) is 4.76. The highest BCUT2D eigenvalue weighted by molar-refractivity contribution is 7.71. The van der Waals surface area contributed by atoms with Gasteiger partial charge in [-0.3, -0.25) is 0 Å². The molecule has 0 unspecified atom stereocenters. The van der Waals surface area contributed by atoms with Crippen LogP contribution in [0.4, 0.5) is 0 Å². The Morgan fingerprint density at radius 2 is 2.15 bits per heavy atom. The molecule has 1 aliphatic carbocycles. The third kappa shape index (κ3) is 2.37. The van der Waals surface area contributed by atoms with Crippen molar-refractivity contribution in [3.05, 3.63) is 23.0 Å². The summed E-state index contributed by atoms with van der Waals surface area (Å²) in [7, 11) is 0. The molecule has 0 radical (unpaired) electrons. The Bertz CT molecular complexity index is 667. The number of H-pyrrole nitrogens is 1. The number of benzene rings is 1. The van der Waals surface area contributed by atoms with Gasteiger partial charge in [0.05, 0.1) is 12.1 Å². The minimum Gasteiger partial charge on any atom is -0.491 e. The lowest BCUT2D eigenvalue weighted by atomic mass is 10.0. The van der Waals surface area contributed by atoms with Crippen LogP contribution < -0.4 is 4.74 Å². The van der Waals surface area contributed by atoms with Crippen molar-refractivity contribution in [3.8, 4) is 5.75 Å².